The number of benzene rings is 1. The van der Waals surface area contributed by atoms with Crippen LogP contribution in [0.25, 0.3) is 0 Å². The molecule has 1 aromatic heterocycles. The zero-order valence-electron chi connectivity index (χ0n) is 11.6. The molecular formula is C16H19FN2S. The average molecular weight is 290 g/mol. The molecule has 0 saturated heterocycles. The van der Waals surface area contributed by atoms with Crippen LogP contribution in [0.2, 0.25) is 0 Å². The van der Waals surface area contributed by atoms with E-state index >= 15 is 0 Å². The Kier molecular flexibility index (Phi) is 4.03. The molecule has 0 bridgehead atoms. The SMILES string of the molecule is CNCc1c(F)cccc1N(Cc1ccsc1)C1CC1. The number of thiophene rings is 1. The van der Waals surface area contributed by atoms with Gasteiger partial charge < -0.3 is 10.2 Å². The molecule has 1 aliphatic rings. The average Bonchev–Trinajstić information content (AvgIpc) is 3.16. The molecule has 1 heterocycles. The number of anilines is 1. The van der Waals surface area contributed by atoms with Crippen LogP contribution in [0, 0.1) is 5.82 Å². The Morgan fingerprint density at radius 1 is 1.35 bits per heavy atom. The fourth-order valence-electron chi connectivity index (χ4n) is 2.54. The highest BCUT2D eigenvalue weighted by Gasteiger charge is 2.31. The minimum atomic E-state index is -0.118. The molecule has 4 heteroatoms. The van der Waals surface area contributed by atoms with Gasteiger partial charge in [0.05, 0.1) is 0 Å². The van der Waals surface area contributed by atoms with Crippen LogP contribution in [-0.4, -0.2) is 13.1 Å². The number of nitrogens with one attached hydrogen (secondary N) is 1. The van der Waals surface area contributed by atoms with E-state index in [1.165, 1.54) is 18.4 Å². The molecule has 20 heavy (non-hydrogen) atoms. The van der Waals surface area contributed by atoms with Crippen LogP contribution >= 0.6 is 11.3 Å². The van der Waals surface area contributed by atoms with Gasteiger partial charge in [0.25, 0.3) is 0 Å². The van der Waals surface area contributed by atoms with Gasteiger partial charge in [-0.25, -0.2) is 4.39 Å². The zero-order chi connectivity index (χ0) is 13.9. The highest BCUT2D eigenvalue weighted by molar-refractivity contribution is 7.07. The summed E-state index contributed by atoms with van der Waals surface area (Å²) < 4.78 is 14.1. The molecule has 0 atom stereocenters. The zero-order valence-corrected chi connectivity index (χ0v) is 12.4. The van der Waals surface area contributed by atoms with E-state index in [0.29, 0.717) is 12.6 Å². The van der Waals surface area contributed by atoms with E-state index in [1.54, 1.807) is 17.4 Å². The minimum Gasteiger partial charge on any atom is -0.364 e. The van der Waals surface area contributed by atoms with Crippen molar-refractivity contribution in [1.82, 2.24) is 5.32 Å². The number of rotatable bonds is 6. The lowest BCUT2D eigenvalue weighted by Gasteiger charge is -2.27. The summed E-state index contributed by atoms with van der Waals surface area (Å²) >= 11 is 1.71. The summed E-state index contributed by atoms with van der Waals surface area (Å²) in [5.74, 6) is -0.118. The van der Waals surface area contributed by atoms with Crippen molar-refractivity contribution in [3.63, 3.8) is 0 Å². The fourth-order valence-corrected chi connectivity index (χ4v) is 3.20. The lowest BCUT2D eigenvalue weighted by Crippen LogP contribution is -2.27. The lowest BCUT2D eigenvalue weighted by atomic mass is 10.1. The van der Waals surface area contributed by atoms with Crippen LogP contribution in [-0.2, 0) is 13.1 Å². The third-order valence-electron chi connectivity index (χ3n) is 3.68. The molecule has 1 fully saturated rings. The van der Waals surface area contributed by atoms with E-state index < -0.39 is 0 Å². The molecule has 0 unspecified atom stereocenters. The number of hydrogen-bond acceptors (Lipinski definition) is 3. The molecule has 1 aromatic carbocycles. The maximum atomic E-state index is 14.1. The Morgan fingerprint density at radius 3 is 2.85 bits per heavy atom. The molecule has 2 aromatic rings. The van der Waals surface area contributed by atoms with Gasteiger partial charge in [0.15, 0.2) is 0 Å². The third kappa shape index (κ3) is 2.86. The van der Waals surface area contributed by atoms with Gasteiger partial charge in [-0.05, 0) is 54.4 Å². The summed E-state index contributed by atoms with van der Waals surface area (Å²) in [7, 11) is 1.86. The van der Waals surface area contributed by atoms with Crippen molar-refractivity contribution in [3.8, 4) is 0 Å². The summed E-state index contributed by atoms with van der Waals surface area (Å²) in [6, 6.07) is 8.11. The number of hydrogen-bond donors (Lipinski definition) is 1. The van der Waals surface area contributed by atoms with Crippen LogP contribution in [0.5, 0.6) is 0 Å². The highest BCUT2D eigenvalue weighted by Crippen LogP contribution is 2.36. The van der Waals surface area contributed by atoms with E-state index in [2.05, 4.69) is 27.0 Å². The van der Waals surface area contributed by atoms with Gasteiger partial charge in [-0.15, -0.1) is 0 Å². The van der Waals surface area contributed by atoms with E-state index in [-0.39, 0.29) is 5.82 Å². The Bertz CT molecular complexity index is 564. The number of nitrogens with zero attached hydrogens (tertiary/aromatic N) is 1. The molecule has 0 radical (unpaired) electrons. The quantitative estimate of drug-likeness (QED) is 0.871. The molecular weight excluding hydrogens is 271 g/mol. The van der Waals surface area contributed by atoms with Gasteiger partial charge in [0, 0.05) is 30.4 Å². The highest BCUT2D eigenvalue weighted by atomic mass is 32.1. The Morgan fingerprint density at radius 2 is 2.20 bits per heavy atom. The molecule has 0 aliphatic heterocycles. The smallest absolute Gasteiger partial charge is 0.129 e. The molecule has 1 aliphatic carbocycles. The summed E-state index contributed by atoms with van der Waals surface area (Å²) in [5, 5.41) is 7.34. The van der Waals surface area contributed by atoms with Crippen LogP contribution in [0.4, 0.5) is 10.1 Å². The minimum absolute atomic E-state index is 0.118. The van der Waals surface area contributed by atoms with Crippen LogP contribution < -0.4 is 10.2 Å². The van der Waals surface area contributed by atoms with E-state index in [1.807, 2.05) is 19.2 Å². The van der Waals surface area contributed by atoms with Gasteiger partial charge in [-0.1, -0.05) is 6.07 Å². The third-order valence-corrected chi connectivity index (χ3v) is 4.41. The summed E-state index contributed by atoms with van der Waals surface area (Å²) in [6.45, 7) is 1.43. The van der Waals surface area contributed by atoms with Crippen LogP contribution in [0.3, 0.4) is 0 Å². The molecule has 0 amide bonds. The van der Waals surface area contributed by atoms with Gasteiger partial charge in [-0.3, -0.25) is 0 Å². The Labute approximate surface area is 123 Å². The second kappa shape index (κ2) is 5.94. The van der Waals surface area contributed by atoms with Crippen LogP contribution in [0.15, 0.2) is 35.0 Å². The largest absolute Gasteiger partial charge is 0.364 e. The first kappa shape index (κ1) is 13.6. The molecule has 2 nitrogen and oxygen atoms in total. The maximum Gasteiger partial charge on any atom is 0.129 e. The molecule has 0 spiro atoms. The first-order valence-electron chi connectivity index (χ1n) is 6.99. The molecule has 1 saturated carbocycles. The first-order valence-corrected chi connectivity index (χ1v) is 7.93. The maximum absolute atomic E-state index is 14.1. The second-order valence-electron chi connectivity index (χ2n) is 5.26. The van der Waals surface area contributed by atoms with E-state index in [9.17, 15) is 4.39 Å². The van der Waals surface area contributed by atoms with Crippen LogP contribution in [0.1, 0.15) is 24.0 Å². The normalized spacial score (nSPS) is 14.5. The van der Waals surface area contributed by atoms with Gasteiger partial charge in [0.2, 0.25) is 0 Å². The van der Waals surface area contributed by atoms with Crippen molar-refractivity contribution in [2.24, 2.45) is 0 Å². The lowest BCUT2D eigenvalue weighted by molar-refractivity contribution is 0.598. The van der Waals surface area contributed by atoms with E-state index in [0.717, 1.165) is 17.8 Å². The first-order chi connectivity index (χ1) is 9.79. The summed E-state index contributed by atoms with van der Waals surface area (Å²) in [6.07, 6.45) is 2.42. The topological polar surface area (TPSA) is 15.3 Å². The van der Waals surface area contributed by atoms with Gasteiger partial charge in [0.1, 0.15) is 5.82 Å². The van der Waals surface area contributed by atoms with Gasteiger partial charge in [-0.2, -0.15) is 11.3 Å². The Balaban J connectivity index is 1.93. The fraction of sp³-hybridized carbons (Fsp3) is 0.375. The predicted octanol–water partition coefficient (Wildman–Crippen LogP) is 3.78. The van der Waals surface area contributed by atoms with E-state index in [4.69, 9.17) is 0 Å². The Hall–Kier alpha value is -1.39. The van der Waals surface area contributed by atoms with Crippen molar-refractivity contribution in [3.05, 3.63) is 52.0 Å². The predicted molar refractivity (Wildman–Crippen MR) is 82.7 cm³/mol. The standard InChI is InChI=1S/C16H19FN2S/c1-18-9-14-15(17)3-2-4-16(14)19(13-5-6-13)10-12-7-8-20-11-12/h2-4,7-8,11,13,18H,5-6,9-10H2,1H3. The summed E-state index contributed by atoms with van der Waals surface area (Å²) in [4.78, 5) is 2.36. The van der Waals surface area contributed by atoms with Crippen molar-refractivity contribution in [1.29, 1.82) is 0 Å². The molecule has 1 N–H and O–H groups in total. The monoisotopic (exact) mass is 290 g/mol. The van der Waals surface area contributed by atoms with Crippen molar-refractivity contribution in [2.75, 3.05) is 11.9 Å². The summed E-state index contributed by atoms with van der Waals surface area (Å²) in [5.41, 5.74) is 3.12. The van der Waals surface area contributed by atoms with Gasteiger partial charge >= 0.3 is 0 Å². The number of halogens is 1. The van der Waals surface area contributed by atoms with Crippen molar-refractivity contribution < 1.29 is 4.39 Å². The molecule has 3 rings (SSSR count). The van der Waals surface area contributed by atoms with Crippen molar-refractivity contribution >= 4 is 17.0 Å². The molecule has 106 valence electrons. The second-order valence-corrected chi connectivity index (χ2v) is 6.04. The van der Waals surface area contributed by atoms with Crippen molar-refractivity contribution in [2.45, 2.75) is 32.0 Å².